The van der Waals surface area contributed by atoms with E-state index in [1.807, 2.05) is 12.1 Å². The molecule has 0 bridgehead atoms. The fourth-order valence-electron chi connectivity index (χ4n) is 3.04. The molecule has 20 heavy (non-hydrogen) atoms. The molecule has 1 aliphatic rings. The van der Waals surface area contributed by atoms with E-state index in [2.05, 4.69) is 24.3 Å². The molecule has 110 valence electrons. The molecule has 0 atom stereocenters. The Morgan fingerprint density at radius 2 is 1.85 bits per heavy atom. The van der Waals surface area contributed by atoms with Gasteiger partial charge in [-0.1, -0.05) is 35.9 Å². The molecule has 0 amide bonds. The van der Waals surface area contributed by atoms with Crippen molar-refractivity contribution in [3.63, 3.8) is 0 Å². The van der Waals surface area contributed by atoms with E-state index in [1.165, 1.54) is 44.1 Å². The summed E-state index contributed by atoms with van der Waals surface area (Å²) in [5.41, 5.74) is 1.41. The lowest BCUT2D eigenvalue weighted by Crippen LogP contribution is -2.13. The topological polar surface area (TPSA) is 9.23 Å². The summed E-state index contributed by atoms with van der Waals surface area (Å²) in [5, 5.41) is 0.831. The van der Waals surface area contributed by atoms with Gasteiger partial charge in [0.25, 0.3) is 0 Å². The van der Waals surface area contributed by atoms with E-state index in [-0.39, 0.29) is 0 Å². The van der Waals surface area contributed by atoms with Crippen LogP contribution in [0.2, 0.25) is 5.02 Å². The van der Waals surface area contributed by atoms with Crippen molar-refractivity contribution in [2.75, 3.05) is 13.7 Å². The molecule has 0 radical (unpaired) electrons. The SMILES string of the molecule is COC/C=C/C1CCC(CCc2ccc(Cl)cc2)CC1. The van der Waals surface area contributed by atoms with Crippen molar-refractivity contribution in [3.05, 3.63) is 47.0 Å². The van der Waals surface area contributed by atoms with Gasteiger partial charge < -0.3 is 4.74 Å². The van der Waals surface area contributed by atoms with Crippen molar-refractivity contribution in [2.24, 2.45) is 11.8 Å². The highest BCUT2D eigenvalue weighted by Crippen LogP contribution is 2.32. The van der Waals surface area contributed by atoms with Gasteiger partial charge in [0.2, 0.25) is 0 Å². The maximum absolute atomic E-state index is 5.91. The third-order valence-corrected chi connectivity index (χ3v) is 4.57. The van der Waals surface area contributed by atoms with Crippen LogP contribution in [0.15, 0.2) is 36.4 Å². The lowest BCUT2D eigenvalue weighted by molar-refractivity contribution is 0.232. The zero-order chi connectivity index (χ0) is 14.2. The largest absolute Gasteiger partial charge is 0.381 e. The van der Waals surface area contributed by atoms with Crippen molar-refractivity contribution in [3.8, 4) is 0 Å². The summed E-state index contributed by atoms with van der Waals surface area (Å²) >= 11 is 5.91. The van der Waals surface area contributed by atoms with Gasteiger partial charge in [-0.25, -0.2) is 0 Å². The molecule has 0 aliphatic heterocycles. The van der Waals surface area contributed by atoms with Crippen molar-refractivity contribution in [2.45, 2.75) is 38.5 Å². The number of rotatable bonds is 6. The van der Waals surface area contributed by atoms with Crippen molar-refractivity contribution < 1.29 is 4.74 Å². The first-order valence-electron chi connectivity index (χ1n) is 7.68. The van der Waals surface area contributed by atoms with Crippen LogP contribution in [-0.2, 0) is 11.2 Å². The van der Waals surface area contributed by atoms with Gasteiger partial charge in [0.15, 0.2) is 0 Å². The number of aryl methyl sites for hydroxylation is 1. The first-order chi connectivity index (χ1) is 9.78. The summed E-state index contributed by atoms with van der Waals surface area (Å²) in [6.45, 7) is 0.747. The van der Waals surface area contributed by atoms with Crippen molar-refractivity contribution in [1.82, 2.24) is 0 Å². The highest BCUT2D eigenvalue weighted by Gasteiger charge is 2.19. The molecule has 1 nitrogen and oxygen atoms in total. The summed E-state index contributed by atoms with van der Waals surface area (Å²) in [7, 11) is 1.75. The van der Waals surface area contributed by atoms with Gasteiger partial charge in [0.1, 0.15) is 0 Å². The van der Waals surface area contributed by atoms with E-state index < -0.39 is 0 Å². The Morgan fingerprint density at radius 1 is 1.15 bits per heavy atom. The third-order valence-electron chi connectivity index (χ3n) is 4.32. The molecule has 0 spiro atoms. The van der Waals surface area contributed by atoms with Crippen LogP contribution < -0.4 is 0 Å². The summed E-state index contributed by atoms with van der Waals surface area (Å²) < 4.78 is 5.05. The molecule has 0 aromatic heterocycles. The van der Waals surface area contributed by atoms with Gasteiger partial charge in [0.05, 0.1) is 6.61 Å². The predicted molar refractivity (Wildman–Crippen MR) is 86.2 cm³/mol. The average molecular weight is 293 g/mol. The Kier molecular flexibility index (Phi) is 6.62. The summed E-state index contributed by atoms with van der Waals surface area (Å²) in [5.74, 6) is 1.68. The van der Waals surface area contributed by atoms with E-state index >= 15 is 0 Å². The van der Waals surface area contributed by atoms with Gasteiger partial charge in [-0.05, 0) is 68.1 Å². The lowest BCUT2D eigenvalue weighted by Gasteiger charge is -2.26. The van der Waals surface area contributed by atoms with Gasteiger partial charge in [0, 0.05) is 12.1 Å². The van der Waals surface area contributed by atoms with Crippen LogP contribution in [0.3, 0.4) is 0 Å². The molecule has 0 saturated heterocycles. The Balaban J connectivity index is 1.68. The van der Waals surface area contributed by atoms with Crippen LogP contribution in [0.1, 0.15) is 37.7 Å². The van der Waals surface area contributed by atoms with E-state index in [1.54, 1.807) is 7.11 Å². The van der Waals surface area contributed by atoms with E-state index in [0.29, 0.717) is 0 Å². The predicted octanol–water partition coefficient (Wildman–Crippen LogP) is 5.28. The molecular weight excluding hydrogens is 268 g/mol. The van der Waals surface area contributed by atoms with Crippen LogP contribution in [0, 0.1) is 11.8 Å². The van der Waals surface area contributed by atoms with Crippen LogP contribution in [0.25, 0.3) is 0 Å². The Hall–Kier alpha value is -0.790. The second-order valence-electron chi connectivity index (χ2n) is 5.83. The molecule has 1 aromatic rings. The van der Waals surface area contributed by atoms with Gasteiger partial charge >= 0.3 is 0 Å². The quantitative estimate of drug-likeness (QED) is 0.648. The third kappa shape index (κ3) is 5.30. The number of hydrogen-bond acceptors (Lipinski definition) is 1. The molecule has 0 N–H and O–H groups in total. The molecule has 1 aliphatic carbocycles. The molecule has 0 heterocycles. The fraction of sp³-hybridized carbons (Fsp3) is 0.556. The second kappa shape index (κ2) is 8.49. The zero-order valence-corrected chi connectivity index (χ0v) is 13.1. The Bertz CT molecular complexity index is 402. The summed E-state index contributed by atoms with van der Waals surface area (Å²) in [6.07, 6.45) is 12.4. The minimum atomic E-state index is 0.747. The van der Waals surface area contributed by atoms with Crippen LogP contribution in [0.4, 0.5) is 0 Å². The van der Waals surface area contributed by atoms with Crippen LogP contribution in [-0.4, -0.2) is 13.7 Å². The van der Waals surface area contributed by atoms with E-state index in [9.17, 15) is 0 Å². The molecule has 2 rings (SSSR count). The first kappa shape index (κ1) is 15.6. The van der Waals surface area contributed by atoms with Crippen molar-refractivity contribution >= 4 is 11.6 Å². The van der Waals surface area contributed by atoms with Crippen LogP contribution in [0.5, 0.6) is 0 Å². The number of allylic oxidation sites excluding steroid dienone is 1. The number of halogens is 1. The normalized spacial score (nSPS) is 23.3. The molecular formula is C18H25ClO. The van der Waals surface area contributed by atoms with E-state index in [4.69, 9.17) is 16.3 Å². The van der Waals surface area contributed by atoms with Crippen LogP contribution >= 0.6 is 11.6 Å². The molecule has 2 heteroatoms. The smallest absolute Gasteiger partial charge is 0.0643 e. The van der Waals surface area contributed by atoms with Gasteiger partial charge in [-0.3, -0.25) is 0 Å². The minimum absolute atomic E-state index is 0.747. The maximum Gasteiger partial charge on any atom is 0.0643 e. The molecule has 1 aromatic carbocycles. The van der Waals surface area contributed by atoms with Gasteiger partial charge in [-0.2, -0.15) is 0 Å². The number of benzene rings is 1. The Labute approximate surface area is 128 Å². The highest BCUT2D eigenvalue weighted by molar-refractivity contribution is 6.30. The second-order valence-corrected chi connectivity index (χ2v) is 6.27. The first-order valence-corrected chi connectivity index (χ1v) is 8.05. The average Bonchev–Trinajstić information content (AvgIpc) is 2.48. The maximum atomic E-state index is 5.91. The summed E-state index contributed by atoms with van der Waals surface area (Å²) in [4.78, 5) is 0. The standard InChI is InChI=1S/C18H25ClO/c1-20-14-2-3-15-4-6-16(7-5-15)8-9-17-10-12-18(19)13-11-17/h2-3,10-13,15-16H,4-9,14H2,1H3/b3-2+. The van der Waals surface area contributed by atoms with Gasteiger partial charge in [-0.15, -0.1) is 0 Å². The summed E-state index contributed by atoms with van der Waals surface area (Å²) in [6, 6.07) is 8.30. The lowest BCUT2D eigenvalue weighted by atomic mass is 9.79. The number of ether oxygens (including phenoxy) is 1. The highest BCUT2D eigenvalue weighted by atomic mass is 35.5. The van der Waals surface area contributed by atoms with E-state index in [0.717, 1.165) is 23.5 Å². The molecule has 0 unspecified atom stereocenters. The molecule has 1 fully saturated rings. The molecule has 1 saturated carbocycles. The Morgan fingerprint density at radius 3 is 2.50 bits per heavy atom. The number of hydrogen-bond donors (Lipinski definition) is 0. The minimum Gasteiger partial charge on any atom is -0.381 e. The zero-order valence-electron chi connectivity index (χ0n) is 12.4. The monoisotopic (exact) mass is 292 g/mol. The van der Waals surface area contributed by atoms with Crippen molar-refractivity contribution in [1.29, 1.82) is 0 Å². The number of methoxy groups -OCH3 is 1. The fourth-order valence-corrected chi connectivity index (χ4v) is 3.16.